The van der Waals surface area contributed by atoms with Crippen molar-refractivity contribution < 1.29 is 0 Å². The predicted octanol–water partition coefficient (Wildman–Crippen LogP) is 3.69. The molecule has 0 aliphatic rings. The number of nitrogens with one attached hydrogen (secondary N) is 1. The van der Waals surface area contributed by atoms with Gasteiger partial charge in [0.25, 0.3) is 0 Å². The molecule has 0 bridgehead atoms. The molecule has 0 aliphatic carbocycles. The monoisotopic (exact) mass is 239 g/mol. The van der Waals surface area contributed by atoms with Crippen LogP contribution < -0.4 is 0 Å². The van der Waals surface area contributed by atoms with E-state index in [-0.39, 0.29) is 0 Å². The molecule has 18 heavy (non-hydrogen) atoms. The zero-order valence-corrected chi connectivity index (χ0v) is 10.7. The van der Waals surface area contributed by atoms with Crippen molar-refractivity contribution in [2.24, 2.45) is 5.92 Å². The summed E-state index contributed by atoms with van der Waals surface area (Å²) in [6.07, 6.45) is 5.92. The normalized spacial score (nSPS) is 11.5. The van der Waals surface area contributed by atoms with Gasteiger partial charge >= 0.3 is 0 Å². The summed E-state index contributed by atoms with van der Waals surface area (Å²) in [5, 5.41) is 1.25. The van der Waals surface area contributed by atoms with Gasteiger partial charge in [-0.15, -0.1) is 0 Å². The van der Waals surface area contributed by atoms with E-state index in [1.165, 1.54) is 22.2 Å². The lowest BCUT2D eigenvalue weighted by molar-refractivity contribution is 0.526. The summed E-state index contributed by atoms with van der Waals surface area (Å²) >= 11 is 0. The molecule has 92 valence electrons. The van der Waals surface area contributed by atoms with E-state index in [4.69, 9.17) is 0 Å². The Balaban J connectivity index is 2.12. The minimum atomic E-state index is 0.614. The van der Waals surface area contributed by atoms with Crippen LogP contribution in [0.25, 0.3) is 22.2 Å². The van der Waals surface area contributed by atoms with Gasteiger partial charge in [0.1, 0.15) is 0 Å². The highest BCUT2D eigenvalue weighted by molar-refractivity contribution is 5.94. The number of hydrogen-bond acceptors (Lipinski definition) is 1. The summed E-state index contributed by atoms with van der Waals surface area (Å²) in [4.78, 5) is 7.60. The summed E-state index contributed by atoms with van der Waals surface area (Å²) in [5.41, 5.74) is 3.58. The van der Waals surface area contributed by atoms with E-state index in [2.05, 4.69) is 52.8 Å². The molecule has 0 atom stereocenters. The number of benzene rings is 1. The smallest absolute Gasteiger partial charge is 0.0951 e. The predicted molar refractivity (Wildman–Crippen MR) is 74.4 cm³/mol. The lowest BCUT2D eigenvalue weighted by Crippen LogP contribution is -2.04. The molecule has 0 fully saturated rings. The first-order valence-corrected chi connectivity index (χ1v) is 6.32. The molecule has 0 saturated heterocycles. The van der Waals surface area contributed by atoms with Gasteiger partial charge in [0.15, 0.2) is 0 Å². The second-order valence-electron chi connectivity index (χ2n) is 5.07. The fourth-order valence-electron chi connectivity index (χ4n) is 2.37. The number of hydrogen-bond donors (Lipinski definition) is 1. The Hall–Kier alpha value is -2.03. The Morgan fingerprint density at radius 2 is 2.11 bits per heavy atom. The first-order valence-electron chi connectivity index (χ1n) is 6.32. The highest BCUT2D eigenvalue weighted by Crippen LogP contribution is 2.28. The quantitative estimate of drug-likeness (QED) is 0.743. The Morgan fingerprint density at radius 3 is 2.94 bits per heavy atom. The average molecular weight is 239 g/mol. The molecule has 2 heterocycles. The molecule has 0 spiro atoms. The number of fused-ring (bicyclic) bond motifs is 1. The maximum absolute atomic E-state index is 4.29. The summed E-state index contributed by atoms with van der Waals surface area (Å²) in [6.45, 7) is 5.44. The lowest BCUT2D eigenvalue weighted by Gasteiger charge is -2.09. The van der Waals surface area contributed by atoms with E-state index >= 15 is 0 Å². The maximum Gasteiger partial charge on any atom is 0.0951 e. The van der Waals surface area contributed by atoms with Gasteiger partial charge in [-0.25, -0.2) is 4.98 Å². The van der Waals surface area contributed by atoms with E-state index < -0.39 is 0 Å². The topological polar surface area (TPSA) is 33.6 Å². The van der Waals surface area contributed by atoms with Crippen molar-refractivity contribution >= 4 is 10.9 Å². The van der Waals surface area contributed by atoms with Gasteiger partial charge in [0.2, 0.25) is 0 Å². The zero-order chi connectivity index (χ0) is 12.5. The third-order valence-electron chi connectivity index (χ3n) is 3.14. The lowest BCUT2D eigenvalue weighted by atomic mass is 10.1. The number of aromatic amines is 1. The molecular formula is C15H17N3. The molecule has 1 aromatic carbocycles. The van der Waals surface area contributed by atoms with Crippen LogP contribution in [0.1, 0.15) is 13.8 Å². The van der Waals surface area contributed by atoms with Gasteiger partial charge in [0.05, 0.1) is 18.2 Å². The Morgan fingerprint density at radius 1 is 1.28 bits per heavy atom. The Bertz CT molecular complexity index is 661. The van der Waals surface area contributed by atoms with Crippen molar-refractivity contribution in [3.05, 3.63) is 43.0 Å². The van der Waals surface area contributed by atoms with Crippen molar-refractivity contribution in [1.29, 1.82) is 0 Å². The number of para-hydroxylation sites is 1. The van der Waals surface area contributed by atoms with Crippen molar-refractivity contribution in [3.8, 4) is 11.3 Å². The Kier molecular flexibility index (Phi) is 2.67. The maximum atomic E-state index is 4.29. The van der Waals surface area contributed by atoms with Crippen LogP contribution in [-0.2, 0) is 6.54 Å². The Labute approximate surface area is 106 Å². The summed E-state index contributed by atoms with van der Waals surface area (Å²) < 4.78 is 2.22. The van der Waals surface area contributed by atoms with Crippen molar-refractivity contribution in [2.75, 3.05) is 0 Å². The minimum Gasteiger partial charge on any atom is -0.360 e. The molecule has 3 heteroatoms. The second kappa shape index (κ2) is 4.33. The largest absolute Gasteiger partial charge is 0.360 e. The molecule has 3 rings (SSSR count). The average Bonchev–Trinajstić information content (AvgIpc) is 2.94. The number of H-pyrrole nitrogens is 1. The van der Waals surface area contributed by atoms with Crippen LogP contribution in [0.2, 0.25) is 0 Å². The molecule has 0 aliphatic heterocycles. The number of nitrogens with zero attached hydrogens (tertiary/aromatic N) is 2. The van der Waals surface area contributed by atoms with Gasteiger partial charge in [-0.2, -0.15) is 0 Å². The van der Waals surface area contributed by atoms with Crippen LogP contribution in [0, 0.1) is 5.92 Å². The third kappa shape index (κ3) is 1.82. The molecule has 3 nitrogen and oxygen atoms in total. The van der Waals surface area contributed by atoms with Crippen LogP contribution >= 0.6 is 0 Å². The molecule has 1 N–H and O–H groups in total. The van der Waals surface area contributed by atoms with Crippen molar-refractivity contribution in [2.45, 2.75) is 20.4 Å². The molecule has 3 aromatic rings. The van der Waals surface area contributed by atoms with Crippen LogP contribution in [0.4, 0.5) is 0 Å². The number of imidazole rings is 1. The van der Waals surface area contributed by atoms with Crippen LogP contribution in [0.3, 0.4) is 0 Å². The highest BCUT2D eigenvalue weighted by atomic mass is 15.0. The molecule has 2 aromatic heterocycles. The third-order valence-corrected chi connectivity index (χ3v) is 3.14. The fourth-order valence-corrected chi connectivity index (χ4v) is 2.37. The number of rotatable bonds is 3. The summed E-state index contributed by atoms with van der Waals surface area (Å²) in [5.74, 6) is 0.614. The van der Waals surface area contributed by atoms with Gasteiger partial charge in [0, 0.05) is 29.2 Å². The van der Waals surface area contributed by atoms with Crippen LogP contribution in [0.5, 0.6) is 0 Å². The molecule has 0 unspecified atom stereocenters. The van der Waals surface area contributed by atoms with Gasteiger partial charge in [-0.1, -0.05) is 32.0 Å². The van der Waals surface area contributed by atoms with E-state index in [0.29, 0.717) is 5.92 Å². The van der Waals surface area contributed by atoms with Crippen LogP contribution in [-0.4, -0.2) is 14.5 Å². The van der Waals surface area contributed by atoms with Crippen molar-refractivity contribution in [3.63, 3.8) is 0 Å². The van der Waals surface area contributed by atoms with E-state index in [1.54, 1.807) is 0 Å². The zero-order valence-electron chi connectivity index (χ0n) is 10.7. The van der Waals surface area contributed by atoms with Crippen LogP contribution in [0.15, 0.2) is 43.0 Å². The molecule has 0 saturated carbocycles. The molecular weight excluding hydrogens is 222 g/mol. The second-order valence-corrected chi connectivity index (χ2v) is 5.07. The first kappa shape index (κ1) is 11.1. The standard InChI is InChI=1S/C15H17N3/c1-11(2)9-18-10-16-8-15(18)13-7-17-14-6-4-3-5-12(13)14/h3-8,10-11,17H,9H2,1-2H3. The van der Waals surface area contributed by atoms with Gasteiger partial charge < -0.3 is 9.55 Å². The number of aromatic nitrogens is 3. The van der Waals surface area contributed by atoms with E-state index in [1.807, 2.05) is 18.6 Å². The van der Waals surface area contributed by atoms with E-state index in [9.17, 15) is 0 Å². The first-order chi connectivity index (χ1) is 8.75. The summed E-state index contributed by atoms with van der Waals surface area (Å²) in [7, 11) is 0. The van der Waals surface area contributed by atoms with Crippen molar-refractivity contribution in [1.82, 2.24) is 14.5 Å². The fraction of sp³-hybridized carbons (Fsp3) is 0.267. The van der Waals surface area contributed by atoms with Gasteiger partial charge in [-0.05, 0) is 12.0 Å². The highest BCUT2D eigenvalue weighted by Gasteiger charge is 2.10. The molecule has 0 amide bonds. The minimum absolute atomic E-state index is 0.614. The van der Waals surface area contributed by atoms with E-state index in [0.717, 1.165) is 6.54 Å². The van der Waals surface area contributed by atoms with Gasteiger partial charge in [-0.3, -0.25) is 0 Å². The summed E-state index contributed by atoms with van der Waals surface area (Å²) in [6, 6.07) is 8.37. The molecule has 0 radical (unpaired) electrons. The SMILES string of the molecule is CC(C)Cn1cncc1-c1c[nH]c2ccccc12.